The number of carbonyl (C=O) groups is 2. The molecule has 1 saturated heterocycles. The Morgan fingerprint density at radius 2 is 1.74 bits per heavy atom. The summed E-state index contributed by atoms with van der Waals surface area (Å²) in [4.78, 5) is 30.0. The molecule has 3 aromatic rings. The van der Waals surface area contributed by atoms with Gasteiger partial charge in [0.15, 0.2) is 5.72 Å². The maximum Gasteiger partial charge on any atom is 0.335 e. The van der Waals surface area contributed by atoms with Crippen LogP contribution >= 0.6 is 11.6 Å². The Morgan fingerprint density at radius 1 is 1.06 bits per heavy atom. The number of fused-ring (bicyclic) bond motifs is 4. The van der Waals surface area contributed by atoms with Gasteiger partial charge in [-0.1, -0.05) is 29.8 Å². The van der Waals surface area contributed by atoms with Gasteiger partial charge in [-0.25, -0.2) is 9.18 Å². The number of para-hydroxylation sites is 1. The first-order valence-electron chi connectivity index (χ1n) is 9.84. The number of hydrogen-bond donors (Lipinski definition) is 0. The molecule has 5 rings (SSSR count). The van der Waals surface area contributed by atoms with Crippen molar-refractivity contribution in [2.45, 2.75) is 25.1 Å². The summed E-state index contributed by atoms with van der Waals surface area (Å²) in [5.74, 6) is -0.328. The number of carbonyl (C=O) groups excluding carboxylic acids is 2. The summed E-state index contributed by atoms with van der Waals surface area (Å²) in [6.45, 7) is 1.84. The molecule has 0 spiro atoms. The van der Waals surface area contributed by atoms with Gasteiger partial charge in [0.05, 0.1) is 6.04 Å². The van der Waals surface area contributed by atoms with Gasteiger partial charge in [-0.2, -0.15) is 0 Å². The molecular weight excluding hydrogens is 419 g/mol. The first-order valence-corrected chi connectivity index (χ1v) is 10.2. The number of benzene rings is 3. The van der Waals surface area contributed by atoms with Crippen molar-refractivity contribution in [3.8, 4) is 5.75 Å². The van der Waals surface area contributed by atoms with Gasteiger partial charge in [-0.15, -0.1) is 0 Å². The lowest BCUT2D eigenvalue weighted by Crippen LogP contribution is -2.67. The molecule has 0 aromatic heterocycles. The van der Waals surface area contributed by atoms with Crippen molar-refractivity contribution in [3.63, 3.8) is 0 Å². The Hall–Kier alpha value is -3.38. The number of rotatable bonds is 2. The standard InChI is InChI=1S/C24H18ClFN2O3/c1-24-14-20(19-4-2-3-5-21(19)31-24)27(22(29)15-6-10-17(26)11-7-15)23(30)28(24)18-12-8-16(25)9-13-18/h2-13,20H,14H2,1H3/t20-,24-/m0/s1. The molecule has 2 aliphatic heterocycles. The average molecular weight is 437 g/mol. The van der Waals surface area contributed by atoms with Crippen LogP contribution in [-0.4, -0.2) is 22.6 Å². The van der Waals surface area contributed by atoms with E-state index in [4.69, 9.17) is 16.3 Å². The van der Waals surface area contributed by atoms with Crippen LogP contribution in [0.5, 0.6) is 5.75 Å². The lowest BCUT2D eigenvalue weighted by atomic mass is 9.88. The molecule has 2 aliphatic rings. The zero-order valence-electron chi connectivity index (χ0n) is 16.6. The van der Waals surface area contributed by atoms with Crippen LogP contribution < -0.4 is 9.64 Å². The zero-order chi connectivity index (χ0) is 21.8. The maximum atomic E-state index is 13.8. The summed E-state index contributed by atoms with van der Waals surface area (Å²) in [6.07, 6.45) is 0.380. The molecule has 31 heavy (non-hydrogen) atoms. The van der Waals surface area contributed by atoms with E-state index in [-0.39, 0.29) is 5.56 Å². The molecule has 1 fully saturated rings. The first-order chi connectivity index (χ1) is 14.9. The van der Waals surface area contributed by atoms with Crippen molar-refractivity contribution in [1.29, 1.82) is 0 Å². The zero-order valence-corrected chi connectivity index (χ0v) is 17.3. The third-order valence-electron chi connectivity index (χ3n) is 5.76. The number of ether oxygens (including phenoxy) is 1. The molecule has 5 nitrogen and oxygen atoms in total. The second-order valence-corrected chi connectivity index (χ2v) is 8.25. The molecule has 0 N–H and O–H groups in total. The largest absolute Gasteiger partial charge is 0.467 e. The fourth-order valence-electron chi connectivity index (χ4n) is 4.34. The van der Waals surface area contributed by atoms with Crippen molar-refractivity contribution in [2.75, 3.05) is 4.90 Å². The number of amides is 3. The van der Waals surface area contributed by atoms with E-state index in [0.29, 0.717) is 22.9 Å². The molecule has 0 saturated carbocycles. The predicted molar refractivity (Wildman–Crippen MR) is 115 cm³/mol. The van der Waals surface area contributed by atoms with Crippen LogP contribution in [0.3, 0.4) is 0 Å². The molecule has 7 heteroatoms. The second kappa shape index (κ2) is 7.10. The van der Waals surface area contributed by atoms with E-state index in [1.54, 1.807) is 24.3 Å². The highest BCUT2D eigenvalue weighted by Crippen LogP contribution is 2.49. The Bertz CT molecular complexity index is 1180. The quantitative estimate of drug-likeness (QED) is 0.510. The molecule has 0 unspecified atom stereocenters. The van der Waals surface area contributed by atoms with Gasteiger partial charge in [0.1, 0.15) is 11.6 Å². The Balaban J connectivity index is 1.66. The van der Waals surface area contributed by atoms with E-state index in [1.807, 2.05) is 31.2 Å². The van der Waals surface area contributed by atoms with Crippen LogP contribution in [0.4, 0.5) is 14.9 Å². The molecule has 3 aromatic carbocycles. The van der Waals surface area contributed by atoms with Crippen LogP contribution in [0, 0.1) is 5.82 Å². The number of hydrogen-bond acceptors (Lipinski definition) is 3. The lowest BCUT2D eigenvalue weighted by Gasteiger charge is -2.53. The summed E-state index contributed by atoms with van der Waals surface area (Å²) in [5, 5.41) is 0.533. The monoisotopic (exact) mass is 436 g/mol. The topological polar surface area (TPSA) is 49.9 Å². The van der Waals surface area contributed by atoms with Crippen LogP contribution in [0.2, 0.25) is 5.02 Å². The maximum absolute atomic E-state index is 13.8. The SMILES string of the molecule is C[C@@]12C[C@@H](c3ccccc3O1)N(C(=O)c1ccc(F)cc1)C(=O)N2c1ccc(Cl)cc1. The van der Waals surface area contributed by atoms with Crippen LogP contribution in [0.15, 0.2) is 72.8 Å². The predicted octanol–water partition coefficient (Wildman–Crippen LogP) is 5.80. The summed E-state index contributed by atoms with van der Waals surface area (Å²) in [5.41, 5.74) is 0.563. The van der Waals surface area contributed by atoms with Crippen molar-refractivity contribution in [3.05, 3.63) is 94.8 Å². The molecule has 0 aliphatic carbocycles. The third-order valence-corrected chi connectivity index (χ3v) is 6.01. The van der Waals surface area contributed by atoms with Crippen molar-refractivity contribution in [2.24, 2.45) is 0 Å². The summed E-state index contributed by atoms with van der Waals surface area (Å²) >= 11 is 6.04. The molecule has 0 radical (unpaired) electrons. The lowest BCUT2D eigenvalue weighted by molar-refractivity contribution is 0.00268. The minimum atomic E-state index is -0.997. The van der Waals surface area contributed by atoms with E-state index in [1.165, 1.54) is 34.1 Å². The minimum Gasteiger partial charge on any atom is -0.467 e. The van der Waals surface area contributed by atoms with Gasteiger partial charge >= 0.3 is 6.03 Å². The van der Waals surface area contributed by atoms with Crippen molar-refractivity contribution < 1.29 is 18.7 Å². The average Bonchev–Trinajstić information content (AvgIpc) is 2.75. The molecule has 3 amide bonds. The van der Waals surface area contributed by atoms with Crippen molar-refractivity contribution in [1.82, 2.24) is 4.90 Å². The van der Waals surface area contributed by atoms with Crippen molar-refractivity contribution >= 4 is 29.2 Å². The second-order valence-electron chi connectivity index (χ2n) is 7.81. The normalized spacial score (nSPS) is 22.0. The van der Waals surface area contributed by atoms with E-state index in [9.17, 15) is 14.0 Å². The Morgan fingerprint density at radius 3 is 2.45 bits per heavy atom. The van der Waals surface area contributed by atoms with Gasteiger partial charge < -0.3 is 4.74 Å². The highest BCUT2D eigenvalue weighted by Gasteiger charge is 2.55. The minimum absolute atomic E-state index is 0.235. The molecule has 2 atom stereocenters. The van der Waals surface area contributed by atoms with Gasteiger partial charge in [0.2, 0.25) is 0 Å². The third kappa shape index (κ3) is 3.15. The number of urea groups is 1. The molecule has 156 valence electrons. The highest BCUT2D eigenvalue weighted by molar-refractivity contribution is 6.30. The Kier molecular flexibility index (Phi) is 4.48. The fraction of sp³-hybridized carbons (Fsp3) is 0.167. The summed E-state index contributed by atoms with van der Waals surface area (Å²) in [6, 6.07) is 18.4. The molecular formula is C24H18ClFN2O3. The van der Waals surface area contributed by atoms with Crippen LogP contribution in [-0.2, 0) is 0 Å². The smallest absolute Gasteiger partial charge is 0.335 e. The fourth-order valence-corrected chi connectivity index (χ4v) is 4.47. The highest BCUT2D eigenvalue weighted by atomic mass is 35.5. The van der Waals surface area contributed by atoms with Gasteiger partial charge in [0.25, 0.3) is 5.91 Å². The number of nitrogens with zero attached hydrogens (tertiary/aromatic N) is 2. The number of anilines is 1. The molecule has 2 bridgehead atoms. The Labute approximate surface area is 183 Å². The first kappa shape index (κ1) is 19.6. The van der Waals surface area contributed by atoms with Gasteiger partial charge in [-0.3, -0.25) is 14.6 Å². The summed E-state index contributed by atoms with van der Waals surface area (Å²) < 4.78 is 19.7. The van der Waals surface area contributed by atoms with Crippen LogP contribution in [0.25, 0.3) is 0 Å². The van der Waals surface area contributed by atoms with Gasteiger partial charge in [-0.05, 0) is 61.5 Å². The van der Waals surface area contributed by atoms with E-state index >= 15 is 0 Å². The number of halogens is 2. The van der Waals surface area contributed by atoms with E-state index in [0.717, 1.165) is 5.56 Å². The summed E-state index contributed by atoms with van der Waals surface area (Å²) in [7, 11) is 0. The van der Waals surface area contributed by atoms with Crippen LogP contribution in [0.1, 0.15) is 35.3 Å². The van der Waals surface area contributed by atoms with E-state index in [2.05, 4.69) is 0 Å². The number of imide groups is 1. The molecule has 2 heterocycles. The van der Waals surface area contributed by atoms with E-state index < -0.39 is 29.5 Å². The van der Waals surface area contributed by atoms with Gasteiger partial charge in [0, 0.05) is 28.3 Å².